The molecule has 1 fully saturated rings. The minimum Gasteiger partial charge on any atom is -0.378 e. The van der Waals surface area contributed by atoms with E-state index in [4.69, 9.17) is 16.3 Å². The summed E-state index contributed by atoms with van der Waals surface area (Å²) < 4.78 is 43.8. The van der Waals surface area contributed by atoms with Crippen LogP contribution in [0.2, 0.25) is 5.15 Å². The smallest absolute Gasteiger partial charge is 0.378 e. The molecule has 0 bridgehead atoms. The van der Waals surface area contributed by atoms with E-state index in [1.165, 1.54) is 4.90 Å². The topological polar surface area (TPSA) is 68.5 Å². The van der Waals surface area contributed by atoms with Gasteiger partial charge >= 0.3 is 11.9 Å². The first-order valence-corrected chi connectivity index (χ1v) is 5.93. The van der Waals surface area contributed by atoms with Crippen molar-refractivity contribution in [2.45, 2.75) is 6.18 Å². The molecule has 0 aromatic carbocycles. The summed E-state index contributed by atoms with van der Waals surface area (Å²) >= 11 is 5.54. The molecule has 0 N–H and O–H groups in total. The first-order valence-electron chi connectivity index (χ1n) is 5.55. The van der Waals surface area contributed by atoms with Gasteiger partial charge in [-0.15, -0.1) is 0 Å². The molecule has 0 amide bonds. The van der Waals surface area contributed by atoms with Crippen molar-refractivity contribution in [1.29, 1.82) is 0 Å². The highest BCUT2D eigenvalue weighted by Crippen LogP contribution is 2.41. The Morgan fingerprint density at radius 2 is 2.00 bits per heavy atom. The van der Waals surface area contributed by atoms with E-state index in [1.807, 2.05) is 0 Å². The lowest BCUT2D eigenvalue weighted by Crippen LogP contribution is -2.37. The molecule has 1 aromatic heterocycles. The summed E-state index contributed by atoms with van der Waals surface area (Å²) in [5.41, 5.74) is -2.62. The van der Waals surface area contributed by atoms with E-state index in [0.717, 1.165) is 0 Å². The molecular formula is C10H9ClF3N3O3. The van der Waals surface area contributed by atoms with Gasteiger partial charge in [-0.05, 0) is 6.07 Å². The Labute approximate surface area is 116 Å². The summed E-state index contributed by atoms with van der Waals surface area (Å²) in [6.07, 6.45) is -4.88. The number of aromatic nitrogens is 1. The minimum absolute atomic E-state index is 0.0452. The number of halogens is 4. The second-order valence-electron chi connectivity index (χ2n) is 4.02. The van der Waals surface area contributed by atoms with Gasteiger partial charge in [-0.3, -0.25) is 10.1 Å². The van der Waals surface area contributed by atoms with Crippen molar-refractivity contribution in [1.82, 2.24) is 4.98 Å². The number of hydrogen-bond donors (Lipinski definition) is 0. The van der Waals surface area contributed by atoms with Crippen LogP contribution in [0.1, 0.15) is 5.56 Å². The van der Waals surface area contributed by atoms with Crippen LogP contribution >= 0.6 is 11.6 Å². The standard InChI is InChI=1S/C10H9ClF3N3O3/c11-9-8(17(18)19)6(10(12,13)14)5-7(15-9)16-1-3-20-4-2-16/h5H,1-4H2. The average Bonchev–Trinajstić information content (AvgIpc) is 2.37. The molecule has 2 rings (SSSR count). The molecular weight excluding hydrogens is 303 g/mol. The molecule has 0 atom stereocenters. The average molecular weight is 312 g/mol. The van der Waals surface area contributed by atoms with Gasteiger partial charge < -0.3 is 9.64 Å². The summed E-state index contributed by atoms with van der Waals surface area (Å²) in [5.74, 6) is -0.0452. The number of hydrogen-bond acceptors (Lipinski definition) is 5. The number of nitro groups is 1. The minimum atomic E-state index is -4.88. The number of rotatable bonds is 2. The van der Waals surface area contributed by atoms with E-state index in [-0.39, 0.29) is 5.82 Å². The molecule has 1 aromatic rings. The van der Waals surface area contributed by atoms with Gasteiger partial charge in [0.05, 0.1) is 18.1 Å². The van der Waals surface area contributed by atoms with Crippen LogP contribution in [-0.4, -0.2) is 36.2 Å². The van der Waals surface area contributed by atoms with Gasteiger partial charge in [-0.2, -0.15) is 13.2 Å². The maximum absolute atomic E-state index is 12.9. The number of ether oxygens (including phenoxy) is 1. The number of alkyl halides is 3. The predicted molar refractivity (Wildman–Crippen MR) is 63.9 cm³/mol. The molecule has 1 saturated heterocycles. The van der Waals surface area contributed by atoms with Gasteiger partial charge in [0.1, 0.15) is 11.4 Å². The number of morpholine rings is 1. The van der Waals surface area contributed by atoms with Crippen LogP contribution in [0.5, 0.6) is 0 Å². The van der Waals surface area contributed by atoms with Gasteiger partial charge in [0.25, 0.3) is 0 Å². The van der Waals surface area contributed by atoms with Crippen LogP contribution in [0.15, 0.2) is 6.07 Å². The van der Waals surface area contributed by atoms with E-state index in [9.17, 15) is 23.3 Å². The van der Waals surface area contributed by atoms with Gasteiger partial charge in [-0.1, -0.05) is 11.6 Å². The zero-order chi connectivity index (χ0) is 14.9. The predicted octanol–water partition coefficient (Wildman–Crippen LogP) is 2.50. The monoisotopic (exact) mass is 311 g/mol. The summed E-state index contributed by atoms with van der Waals surface area (Å²) in [7, 11) is 0. The molecule has 1 aliphatic rings. The zero-order valence-electron chi connectivity index (χ0n) is 9.98. The molecule has 0 aliphatic carbocycles. The third-order valence-electron chi connectivity index (χ3n) is 2.76. The van der Waals surface area contributed by atoms with Crippen LogP contribution in [0, 0.1) is 10.1 Å². The van der Waals surface area contributed by atoms with Crippen molar-refractivity contribution in [2.24, 2.45) is 0 Å². The van der Waals surface area contributed by atoms with Gasteiger partial charge in [0.15, 0.2) is 0 Å². The number of nitrogens with zero attached hydrogens (tertiary/aromatic N) is 3. The Morgan fingerprint density at radius 3 is 2.50 bits per heavy atom. The third-order valence-corrected chi connectivity index (χ3v) is 3.02. The molecule has 0 unspecified atom stereocenters. The van der Waals surface area contributed by atoms with Crippen molar-refractivity contribution in [3.63, 3.8) is 0 Å². The fourth-order valence-electron chi connectivity index (χ4n) is 1.84. The van der Waals surface area contributed by atoms with Crippen LogP contribution in [0.4, 0.5) is 24.7 Å². The first kappa shape index (κ1) is 14.8. The van der Waals surface area contributed by atoms with Crippen molar-refractivity contribution in [3.05, 3.63) is 26.9 Å². The summed E-state index contributed by atoms with van der Waals surface area (Å²) in [6.45, 7) is 1.38. The maximum atomic E-state index is 12.9. The quantitative estimate of drug-likeness (QED) is 0.477. The molecule has 2 heterocycles. The Kier molecular flexibility index (Phi) is 4.00. The fraction of sp³-hybridized carbons (Fsp3) is 0.500. The first-order chi connectivity index (χ1) is 9.30. The van der Waals surface area contributed by atoms with Gasteiger partial charge in [-0.25, -0.2) is 4.98 Å². The summed E-state index contributed by atoms with van der Waals surface area (Å²) in [5, 5.41) is 9.95. The van der Waals surface area contributed by atoms with Crippen molar-refractivity contribution < 1.29 is 22.8 Å². The summed E-state index contributed by atoms with van der Waals surface area (Å²) in [6, 6.07) is 0.648. The Hall–Kier alpha value is -1.61. The van der Waals surface area contributed by atoms with E-state index >= 15 is 0 Å². The molecule has 0 radical (unpaired) electrons. The fourth-order valence-corrected chi connectivity index (χ4v) is 2.10. The van der Waals surface area contributed by atoms with Crippen LogP contribution < -0.4 is 4.90 Å². The Balaban J connectivity index is 2.51. The van der Waals surface area contributed by atoms with E-state index in [2.05, 4.69) is 4.98 Å². The second-order valence-corrected chi connectivity index (χ2v) is 4.38. The molecule has 10 heteroatoms. The van der Waals surface area contributed by atoms with Gasteiger partial charge in [0, 0.05) is 13.1 Å². The van der Waals surface area contributed by atoms with Crippen molar-refractivity contribution in [3.8, 4) is 0 Å². The molecule has 0 saturated carbocycles. The molecule has 6 nitrogen and oxygen atoms in total. The normalized spacial score (nSPS) is 16.3. The molecule has 20 heavy (non-hydrogen) atoms. The highest BCUT2D eigenvalue weighted by molar-refractivity contribution is 6.31. The zero-order valence-corrected chi connectivity index (χ0v) is 10.7. The van der Waals surface area contributed by atoms with Crippen LogP contribution in [0.3, 0.4) is 0 Å². The van der Waals surface area contributed by atoms with Crippen molar-refractivity contribution in [2.75, 3.05) is 31.2 Å². The Morgan fingerprint density at radius 1 is 1.40 bits per heavy atom. The van der Waals surface area contributed by atoms with Crippen LogP contribution in [-0.2, 0) is 10.9 Å². The SMILES string of the molecule is O=[N+]([O-])c1c(C(F)(F)F)cc(N2CCOCC2)nc1Cl. The second kappa shape index (κ2) is 5.41. The maximum Gasteiger partial charge on any atom is 0.423 e. The lowest BCUT2D eigenvalue weighted by atomic mass is 10.2. The lowest BCUT2D eigenvalue weighted by molar-refractivity contribution is -0.388. The number of pyridine rings is 1. The molecule has 0 spiro atoms. The van der Waals surface area contributed by atoms with Crippen molar-refractivity contribution >= 4 is 23.1 Å². The lowest BCUT2D eigenvalue weighted by Gasteiger charge is -2.28. The highest BCUT2D eigenvalue weighted by Gasteiger charge is 2.41. The largest absolute Gasteiger partial charge is 0.423 e. The van der Waals surface area contributed by atoms with E-state index in [0.29, 0.717) is 32.4 Å². The van der Waals surface area contributed by atoms with E-state index in [1.54, 1.807) is 0 Å². The Bertz CT molecular complexity index is 532. The molecule has 110 valence electrons. The van der Waals surface area contributed by atoms with Gasteiger partial charge in [0.2, 0.25) is 5.15 Å². The van der Waals surface area contributed by atoms with E-state index < -0.39 is 27.5 Å². The summed E-state index contributed by atoms with van der Waals surface area (Å²) in [4.78, 5) is 14.8. The highest BCUT2D eigenvalue weighted by atomic mass is 35.5. The molecule has 1 aliphatic heterocycles. The number of anilines is 1. The third kappa shape index (κ3) is 2.93. The van der Waals surface area contributed by atoms with Crippen LogP contribution in [0.25, 0.3) is 0 Å².